The van der Waals surface area contributed by atoms with Crippen LogP contribution in [0.3, 0.4) is 0 Å². The molecular weight excluding hydrogens is 182 g/mol. The Morgan fingerprint density at radius 1 is 1.50 bits per heavy atom. The van der Waals surface area contributed by atoms with Gasteiger partial charge in [0.2, 0.25) is 5.91 Å². The highest BCUT2D eigenvalue weighted by Gasteiger charge is 2.28. The highest BCUT2D eigenvalue weighted by molar-refractivity contribution is 6.01. The van der Waals surface area contributed by atoms with E-state index in [1.807, 2.05) is 7.05 Å². The molecule has 0 radical (unpaired) electrons. The third-order valence-corrected chi connectivity index (χ3v) is 2.49. The van der Waals surface area contributed by atoms with Crippen LogP contribution < -0.4 is 5.32 Å². The van der Waals surface area contributed by atoms with E-state index in [2.05, 4.69) is 24.1 Å². The van der Waals surface area contributed by atoms with Crippen molar-refractivity contribution in [1.82, 2.24) is 15.1 Å². The predicted octanol–water partition coefficient (Wildman–Crippen LogP) is -0.122. The average molecular weight is 199 g/mol. The number of amides is 3. The molecule has 3 amide bonds. The van der Waals surface area contributed by atoms with Crippen molar-refractivity contribution in [1.29, 1.82) is 0 Å². The van der Waals surface area contributed by atoms with Gasteiger partial charge in [-0.15, -0.1) is 0 Å². The van der Waals surface area contributed by atoms with Gasteiger partial charge >= 0.3 is 6.03 Å². The molecule has 1 saturated heterocycles. The lowest BCUT2D eigenvalue weighted by Crippen LogP contribution is -2.39. The molecule has 0 aromatic heterocycles. The number of hydrogen-bond acceptors (Lipinski definition) is 3. The van der Waals surface area contributed by atoms with Crippen LogP contribution in [0, 0.1) is 0 Å². The Labute approximate surface area is 84.0 Å². The van der Waals surface area contributed by atoms with Crippen LogP contribution in [0.4, 0.5) is 4.79 Å². The summed E-state index contributed by atoms with van der Waals surface area (Å²) in [6.45, 7) is 5.48. The Hall–Kier alpha value is -1.10. The summed E-state index contributed by atoms with van der Waals surface area (Å²) in [5, 5.41) is 2.49. The zero-order valence-corrected chi connectivity index (χ0v) is 8.91. The van der Waals surface area contributed by atoms with Crippen LogP contribution in [-0.4, -0.2) is 54.5 Å². The van der Waals surface area contributed by atoms with Crippen LogP contribution in [0.5, 0.6) is 0 Å². The van der Waals surface area contributed by atoms with E-state index >= 15 is 0 Å². The van der Waals surface area contributed by atoms with Crippen LogP contribution >= 0.6 is 0 Å². The second kappa shape index (κ2) is 4.41. The molecule has 0 aliphatic carbocycles. The first kappa shape index (κ1) is 11.0. The van der Waals surface area contributed by atoms with Gasteiger partial charge in [0.15, 0.2) is 0 Å². The number of nitrogens with zero attached hydrogens (tertiary/aromatic N) is 2. The maximum atomic E-state index is 11.2. The predicted molar refractivity (Wildman–Crippen MR) is 52.9 cm³/mol. The molecule has 1 heterocycles. The van der Waals surface area contributed by atoms with Crippen LogP contribution in [0.15, 0.2) is 0 Å². The van der Waals surface area contributed by atoms with Crippen molar-refractivity contribution < 1.29 is 9.59 Å². The van der Waals surface area contributed by atoms with Crippen molar-refractivity contribution in [3.8, 4) is 0 Å². The molecule has 0 aromatic rings. The van der Waals surface area contributed by atoms with Gasteiger partial charge < -0.3 is 10.2 Å². The van der Waals surface area contributed by atoms with E-state index in [4.69, 9.17) is 0 Å². The van der Waals surface area contributed by atoms with E-state index in [9.17, 15) is 9.59 Å². The molecule has 5 nitrogen and oxygen atoms in total. The summed E-state index contributed by atoms with van der Waals surface area (Å²) < 4.78 is 0. The molecule has 1 aliphatic heterocycles. The van der Waals surface area contributed by atoms with Crippen molar-refractivity contribution >= 4 is 11.9 Å². The zero-order valence-electron chi connectivity index (χ0n) is 8.91. The van der Waals surface area contributed by atoms with Crippen molar-refractivity contribution in [3.63, 3.8) is 0 Å². The summed E-state index contributed by atoms with van der Waals surface area (Å²) in [6.07, 6.45) is 0. The van der Waals surface area contributed by atoms with Crippen LogP contribution in [-0.2, 0) is 4.79 Å². The Kier molecular flexibility index (Phi) is 3.46. The second-order valence-corrected chi connectivity index (χ2v) is 3.78. The molecule has 1 fully saturated rings. The zero-order chi connectivity index (χ0) is 10.7. The van der Waals surface area contributed by atoms with Gasteiger partial charge in [-0.1, -0.05) is 0 Å². The van der Waals surface area contributed by atoms with Crippen LogP contribution in [0.2, 0.25) is 0 Å². The minimum absolute atomic E-state index is 0.132. The number of urea groups is 1. The number of likely N-dealkylation sites (N-methyl/N-ethyl adjacent to an activating group) is 1. The Morgan fingerprint density at radius 3 is 2.57 bits per heavy atom. The van der Waals surface area contributed by atoms with Gasteiger partial charge in [-0.25, -0.2) is 4.79 Å². The molecular formula is C9H17N3O2. The molecule has 0 aromatic carbocycles. The normalized spacial score (nSPS) is 17.1. The SMILES string of the molecule is CC(C)N(C)CCN1C(=O)CNC1=O. The number of imide groups is 1. The number of nitrogens with one attached hydrogen (secondary N) is 1. The highest BCUT2D eigenvalue weighted by Crippen LogP contribution is 2.00. The minimum Gasteiger partial charge on any atom is -0.329 e. The Balaban J connectivity index is 2.37. The van der Waals surface area contributed by atoms with E-state index in [0.29, 0.717) is 12.6 Å². The standard InChI is InChI=1S/C9H17N3O2/c1-7(2)11(3)4-5-12-8(13)6-10-9(12)14/h7H,4-6H2,1-3H3,(H,10,14). The lowest BCUT2D eigenvalue weighted by atomic mass is 10.3. The second-order valence-electron chi connectivity index (χ2n) is 3.78. The monoisotopic (exact) mass is 199 g/mol. The number of carbonyl (C=O) groups excluding carboxylic acids is 2. The quantitative estimate of drug-likeness (QED) is 0.642. The van der Waals surface area contributed by atoms with Crippen LogP contribution in [0.25, 0.3) is 0 Å². The molecule has 0 atom stereocenters. The number of carbonyl (C=O) groups is 2. The topological polar surface area (TPSA) is 52.6 Å². The fraction of sp³-hybridized carbons (Fsp3) is 0.778. The summed E-state index contributed by atoms with van der Waals surface area (Å²) in [7, 11) is 1.98. The van der Waals surface area contributed by atoms with E-state index in [0.717, 1.165) is 6.54 Å². The van der Waals surface area contributed by atoms with Gasteiger partial charge in [-0.2, -0.15) is 0 Å². The van der Waals surface area contributed by atoms with Gasteiger partial charge in [0.25, 0.3) is 0 Å². The van der Waals surface area contributed by atoms with Gasteiger partial charge in [0, 0.05) is 19.1 Å². The van der Waals surface area contributed by atoms with Crippen molar-refractivity contribution in [2.24, 2.45) is 0 Å². The van der Waals surface area contributed by atoms with Gasteiger partial charge in [-0.3, -0.25) is 9.69 Å². The van der Waals surface area contributed by atoms with Gasteiger partial charge in [0.05, 0.1) is 6.54 Å². The van der Waals surface area contributed by atoms with Crippen molar-refractivity contribution in [2.75, 3.05) is 26.7 Å². The number of rotatable bonds is 4. The molecule has 5 heteroatoms. The summed E-state index contributed by atoms with van der Waals surface area (Å²) >= 11 is 0. The average Bonchev–Trinajstić information content (AvgIpc) is 2.43. The largest absolute Gasteiger partial charge is 0.329 e. The summed E-state index contributed by atoms with van der Waals surface area (Å²) in [5.41, 5.74) is 0. The molecule has 0 spiro atoms. The van der Waals surface area contributed by atoms with E-state index in [-0.39, 0.29) is 18.5 Å². The maximum Gasteiger partial charge on any atom is 0.324 e. The smallest absolute Gasteiger partial charge is 0.324 e. The Bertz CT molecular complexity index is 224. The lowest BCUT2D eigenvalue weighted by Gasteiger charge is -2.23. The molecule has 0 saturated carbocycles. The molecule has 1 N–H and O–H groups in total. The van der Waals surface area contributed by atoms with Crippen molar-refractivity contribution in [2.45, 2.75) is 19.9 Å². The van der Waals surface area contributed by atoms with E-state index in [1.165, 1.54) is 4.90 Å². The number of hydrogen-bond donors (Lipinski definition) is 1. The first-order valence-corrected chi connectivity index (χ1v) is 4.81. The van der Waals surface area contributed by atoms with Crippen molar-refractivity contribution in [3.05, 3.63) is 0 Å². The van der Waals surface area contributed by atoms with E-state index < -0.39 is 0 Å². The first-order chi connectivity index (χ1) is 6.52. The molecule has 1 rings (SSSR count). The minimum atomic E-state index is -0.271. The molecule has 0 bridgehead atoms. The third kappa shape index (κ3) is 2.45. The van der Waals surface area contributed by atoms with Crippen LogP contribution in [0.1, 0.15) is 13.8 Å². The fourth-order valence-electron chi connectivity index (χ4n) is 1.20. The summed E-state index contributed by atoms with van der Waals surface area (Å²) in [5.74, 6) is -0.132. The highest BCUT2D eigenvalue weighted by atomic mass is 16.2. The van der Waals surface area contributed by atoms with E-state index in [1.54, 1.807) is 0 Å². The lowest BCUT2D eigenvalue weighted by molar-refractivity contribution is -0.125. The Morgan fingerprint density at radius 2 is 2.14 bits per heavy atom. The first-order valence-electron chi connectivity index (χ1n) is 4.81. The van der Waals surface area contributed by atoms with Gasteiger partial charge in [-0.05, 0) is 20.9 Å². The third-order valence-electron chi connectivity index (χ3n) is 2.49. The molecule has 80 valence electrons. The molecule has 14 heavy (non-hydrogen) atoms. The summed E-state index contributed by atoms with van der Waals surface area (Å²) in [6, 6.07) is 0.155. The summed E-state index contributed by atoms with van der Waals surface area (Å²) in [4.78, 5) is 25.7. The molecule has 0 unspecified atom stereocenters. The van der Waals surface area contributed by atoms with Gasteiger partial charge in [0.1, 0.15) is 0 Å². The maximum absolute atomic E-state index is 11.2. The fourth-order valence-corrected chi connectivity index (χ4v) is 1.20. The molecule has 1 aliphatic rings.